The lowest BCUT2D eigenvalue weighted by molar-refractivity contribution is -0.146. The van der Waals surface area contributed by atoms with Crippen molar-refractivity contribution in [1.82, 2.24) is 5.32 Å². The first-order valence-corrected chi connectivity index (χ1v) is 5.72. The molecule has 0 aliphatic carbocycles. The summed E-state index contributed by atoms with van der Waals surface area (Å²) in [6, 6.07) is 6.34. The van der Waals surface area contributed by atoms with Gasteiger partial charge in [0.15, 0.2) is 0 Å². The maximum atomic E-state index is 12.6. The van der Waals surface area contributed by atoms with Crippen LogP contribution in [0.5, 0.6) is 0 Å². The molecule has 4 heteroatoms. The topological polar surface area (TPSA) is 38.3 Å². The molecule has 0 saturated heterocycles. The second-order valence-corrected chi connectivity index (χ2v) is 4.09. The number of esters is 1. The van der Waals surface area contributed by atoms with Gasteiger partial charge in [-0.1, -0.05) is 12.1 Å². The zero-order chi connectivity index (χ0) is 12.7. The molecule has 0 saturated carbocycles. The third-order valence-corrected chi connectivity index (χ3v) is 2.14. The van der Waals surface area contributed by atoms with Gasteiger partial charge in [0, 0.05) is 0 Å². The van der Waals surface area contributed by atoms with Crippen molar-refractivity contribution in [1.29, 1.82) is 0 Å². The molecule has 0 bridgehead atoms. The summed E-state index contributed by atoms with van der Waals surface area (Å²) in [6.07, 6.45) is 0.677. The molecule has 0 radical (unpaired) electrons. The molecular weight excluding hydrogens is 221 g/mol. The van der Waals surface area contributed by atoms with Crippen molar-refractivity contribution in [2.24, 2.45) is 0 Å². The fourth-order valence-corrected chi connectivity index (χ4v) is 1.38. The van der Waals surface area contributed by atoms with Crippen molar-refractivity contribution >= 4 is 5.97 Å². The fourth-order valence-electron chi connectivity index (χ4n) is 1.38. The van der Waals surface area contributed by atoms with E-state index < -0.39 is 0 Å². The van der Waals surface area contributed by atoms with E-state index in [4.69, 9.17) is 4.74 Å². The Hall–Kier alpha value is -1.42. The molecule has 0 aromatic heterocycles. The molecule has 1 aromatic carbocycles. The Kier molecular flexibility index (Phi) is 5.63. The van der Waals surface area contributed by atoms with Gasteiger partial charge < -0.3 is 10.1 Å². The molecule has 0 atom stereocenters. The highest BCUT2D eigenvalue weighted by molar-refractivity contribution is 5.71. The molecule has 0 fully saturated rings. The van der Waals surface area contributed by atoms with E-state index in [0.29, 0.717) is 6.54 Å². The summed E-state index contributed by atoms with van der Waals surface area (Å²) >= 11 is 0. The zero-order valence-electron chi connectivity index (χ0n) is 10.2. The third-order valence-electron chi connectivity index (χ3n) is 2.14. The highest BCUT2D eigenvalue weighted by atomic mass is 19.1. The average molecular weight is 239 g/mol. The van der Waals surface area contributed by atoms with Gasteiger partial charge in [-0.3, -0.25) is 4.79 Å². The summed E-state index contributed by atoms with van der Waals surface area (Å²) < 4.78 is 17.6. The van der Waals surface area contributed by atoms with Crippen LogP contribution < -0.4 is 5.32 Å². The standard InChI is InChI=1S/C13H18FNO2/c1-10(2)17-13(16)9-15-8-7-11-3-5-12(14)6-4-11/h3-6,10,15H,7-9H2,1-2H3. The van der Waals surface area contributed by atoms with Gasteiger partial charge in [-0.25, -0.2) is 4.39 Å². The largest absolute Gasteiger partial charge is 0.462 e. The van der Waals surface area contributed by atoms with Gasteiger partial charge in [-0.2, -0.15) is 0 Å². The Labute approximate surface area is 101 Å². The van der Waals surface area contributed by atoms with Gasteiger partial charge in [-0.15, -0.1) is 0 Å². The molecule has 1 N–H and O–H groups in total. The van der Waals surface area contributed by atoms with Crippen LogP contribution in [-0.4, -0.2) is 25.2 Å². The van der Waals surface area contributed by atoms with Gasteiger partial charge in [0.2, 0.25) is 0 Å². The molecule has 94 valence electrons. The van der Waals surface area contributed by atoms with Crippen LogP contribution in [0.15, 0.2) is 24.3 Å². The van der Waals surface area contributed by atoms with Crippen LogP contribution >= 0.6 is 0 Å². The maximum absolute atomic E-state index is 12.6. The Bertz CT molecular complexity index is 349. The van der Waals surface area contributed by atoms with Crippen molar-refractivity contribution in [2.75, 3.05) is 13.1 Å². The van der Waals surface area contributed by atoms with E-state index in [-0.39, 0.29) is 24.4 Å². The predicted molar refractivity (Wildman–Crippen MR) is 64.2 cm³/mol. The van der Waals surface area contributed by atoms with Gasteiger partial charge in [0.05, 0.1) is 12.6 Å². The molecular formula is C13H18FNO2. The Morgan fingerprint density at radius 3 is 2.59 bits per heavy atom. The minimum atomic E-state index is -0.251. The van der Waals surface area contributed by atoms with Crippen LogP contribution in [0.25, 0.3) is 0 Å². The number of carbonyl (C=O) groups excluding carboxylic acids is 1. The third kappa shape index (κ3) is 6.02. The van der Waals surface area contributed by atoms with Gasteiger partial charge >= 0.3 is 5.97 Å². The lowest BCUT2D eigenvalue weighted by atomic mass is 10.1. The molecule has 0 aliphatic rings. The zero-order valence-corrected chi connectivity index (χ0v) is 10.2. The van der Waals surface area contributed by atoms with Crippen LogP contribution in [-0.2, 0) is 16.0 Å². The average Bonchev–Trinajstić information content (AvgIpc) is 2.26. The fraction of sp³-hybridized carbons (Fsp3) is 0.462. The summed E-state index contributed by atoms with van der Waals surface area (Å²) in [6.45, 7) is 4.50. The van der Waals surface area contributed by atoms with Gasteiger partial charge in [-0.05, 0) is 44.5 Å². The minimum Gasteiger partial charge on any atom is -0.462 e. The smallest absolute Gasteiger partial charge is 0.320 e. The van der Waals surface area contributed by atoms with Crippen LogP contribution in [0, 0.1) is 5.82 Å². The number of ether oxygens (including phenoxy) is 1. The summed E-state index contributed by atoms with van der Waals surface area (Å²) in [5.41, 5.74) is 1.04. The van der Waals surface area contributed by atoms with Crippen molar-refractivity contribution in [3.63, 3.8) is 0 Å². The molecule has 0 aliphatic heterocycles. The normalized spacial score (nSPS) is 10.6. The SMILES string of the molecule is CC(C)OC(=O)CNCCc1ccc(F)cc1. The molecule has 0 unspecified atom stereocenters. The summed E-state index contributed by atoms with van der Waals surface area (Å²) in [7, 11) is 0. The van der Waals surface area contributed by atoms with E-state index in [1.807, 2.05) is 13.8 Å². The summed E-state index contributed by atoms with van der Waals surface area (Å²) in [5, 5.41) is 2.99. The van der Waals surface area contributed by atoms with Crippen molar-refractivity contribution in [2.45, 2.75) is 26.4 Å². The molecule has 0 spiro atoms. The van der Waals surface area contributed by atoms with Crippen LogP contribution in [0.2, 0.25) is 0 Å². The van der Waals surface area contributed by atoms with Gasteiger partial charge in [0.25, 0.3) is 0 Å². The Morgan fingerprint density at radius 1 is 1.35 bits per heavy atom. The summed E-state index contributed by atoms with van der Waals surface area (Å²) in [5.74, 6) is -0.485. The second kappa shape index (κ2) is 7.01. The van der Waals surface area contributed by atoms with Crippen molar-refractivity contribution in [3.8, 4) is 0 Å². The van der Waals surface area contributed by atoms with E-state index in [0.717, 1.165) is 12.0 Å². The van der Waals surface area contributed by atoms with E-state index in [2.05, 4.69) is 5.32 Å². The van der Waals surface area contributed by atoms with E-state index in [1.54, 1.807) is 12.1 Å². The number of carbonyl (C=O) groups is 1. The van der Waals surface area contributed by atoms with E-state index >= 15 is 0 Å². The van der Waals surface area contributed by atoms with E-state index in [9.17, 15) is 9.18 Å². The first-order chi connectivity index (χ1) is 8.08. The highest BCUT2D eigenvalue weighted by Crippen LogP contribution is 2.02. The number of benzene rings is 1. The lowest BCUT2D eigenvalue weighted by Crippen LogP contribution is -2.28. The first kappa shape index (κ1) is 13.6. The molecule has 1 aromatic rings. The number of rotatable bonds is 6. The highest BCUT2D eigenvalue weighted by Gasteiger charge is 2.03. The van der Waals surface area contributed by atoms with Crippen molar-refractivity contribution < 1.29 is 13.9 Å². The number of hydrogen-bond donors (Lipinski definition) is 1. The van der Waals surface area contributed by atoms with Crippen LogP contribution in [0.3, 0.4) is 0 Å². The van der Waals surface area contributed by atoms with Crippen molar-refractivity contribution in [3.05, 3.63) is 35.6 Å². The number of hydrogen-bond acceptors (Lipinski definition) is 3. The monoisotopic (exact) mass is 239 g/mol. The van der Waals surface area contributed by atoms with E-state index in [1.165, 1.54) is 12.1 Å². The van der Waals surface area contributed by atoms with Crippen LogP contribution in [0.4, 0.5) is 4.39 Å². The second-order valence-electron chi connectivity index (χ2n) is 4.09. The Balaban J connectivity index is 2.16. The minimum absolute atomic E-state index is 0.0820. The molecule has 3 nitrogen and oxygen atoms in total. The molecule has 17 heavy (non-hydrogen) atoms. The maximum Gasteiger partial charge on any atom is 0.320 e. The first-order valence-electron chi connectivity index (χ1n) is 5.72. The molecule has 0 amide bonds. The Morgan fingerprint density at radius 2 is 2.00 bits per heavy atom. The van der Waals surface area contributed by atoms with Crippen LogP contribution in [0.1, 0.15) is 19.4 Å². The quantitative estimate of drug-likeness (QED) is 0.608. The molecule has 1 rings (SSSR count). The predicted octanol–water partition coefficient (Wildman–Crippen LogP) is 1.91. The number of halogens is 1. The molecule has 0 heterocycles. The summed E-state index contributed by atoms with van der Waals surface area (Å²) in [4.78, 5) is 11.2. The lowest BCUT2D eigenvalue weighted by Gasteiger charge is -2.08. The van der Waals surface area contributed by atoms with Gasteiger partial charge in [0.1, 0.15) is 5.82 Å². The number of nitrogens with one attached hydrogen (secondary N) is 1.